The molecule has 2 rings (SSSR count). The number of hydrazine groups is 1. The molecule has 0 radical (unpaired) electrons. The number of rotatable bonds is 6. The van der Waals surface area contributed by atoms with Crippen LogP contribution in [0, 0.1) is 0 Å². The molecule has 2 aromatic rings. The van der Waals surface area contributed by atoms with Gasteiger partial charge in [0, 0.05) is 6.20 Å². The van der Waals surface area contributed by atoms with Crippen LogP contribution in [0.25, 0.3) is 0 Å². The Labute approximate surface area is 128 Å². The van der Waals surface area contributed by atoms with Crippen LogP contribution >= 0.6 is 27.7 Å². The van der Waals surface area contributed by atoms with Crippen LogP contribution in [0.15, 0.2) is 33.0 Å². The highest BCUT2D eigenvalue weighted by molar-refractivity contribution is 9.10. The third kappa shape index (κ3) is 4.02. The van der Waals surface area contributed by atoms with Gasteiger partial charge < -0.3 is 4.74 Å². The van der Waals surface area contributed by atoms with E-state index in [0.717, 1.165) is 15.9 Å². The van der Waals surface area contributed by atoms with Gasteiger partial charge in [0.15, 0.2) is 0 Å². The molecule has 2 heterocycles. The molecule has 0 saturated heterocycles. The van der Waals surface area contributed by atoms with Crippen molar-refractivity contribution in [2.45, 2.75) is 23.5 Å². The van der Waals surface area contributed by atoms with Crippen LogP contribution in [0.1, 0.15) is 13.3 Å². The molecule has 0 aliphatic rings. The molecule has 0 aliphatic heterocycles. The average molecular weight is 357 g/mol. The van der Waals surface area contributed by atoms with Crippen molar-refractivity contribution in [1.82, 2.24) is 19.9 Å². The number of nitrogens with zero attached hydrogens (tertiary/aromatic N) is 4. The first-order chi connectivity index (χ1) is 9.72. The number of anilines is 1. The van der Waals surface area contributed by atoms with Gasteiger partial charge in [0.2, 0.25) is 11.1 Å². The number of aromatic nitrogens is 4. The summed E-state index contributed by atoms with van der Waals surface area (Å²) >= 11 is 4.72. The van der Waals surface area contributed by atoms with Crippen LogP contribution in [0.3, 0.4) is 0 Å². The van der Waals surface area contributed by atoms with E-state index in [1.165, 1.54) is 11.8 Å². The number of nitrogen functional groups attached to an aromatic ring is 1. The van der Waals surface area contributed by atoms with Crippen LogP contribution in [-0.2, 0) is 0 Å². The number of pyridine rings is 1. The highest BCUT2D eigenvalue weighted by Crippen LogP contribution is 2.30. The second kappa shape index (κ2) is 7.36. The summed E-state index contributed by atoms with van der Waals surface area (Å²) in [6.45, 7) is 2.54. The van der Waals surface area contributed by atoms with Gasteiger partial charge in [-0.15, -0.1) is 0 Å². The summed E-state index contributed by atoms with van der Waals surface area (Å²) in [5.74, 6) is 5.60. The quantitative estimate of drug-likeness (QED) is 0.600. The monoisotopic (exact) mass is 356 g/mol. The minimum absolute atomic E-state index is 0.240. The highest BCUT2D eigenvalue weighted by atomic mass is 79.9. The zero-order chi connectivity index (χ0) is 14.4. The van der Waals surface area contributed by atoms with Gasteiger partial charge in [-0.2, -0.15) is 15.0 Å². The second-order valence-corrected chi connectivity index (χ2v) is 5.42. The molecular formula is C11H13BrN6OS. The Bertz CT molecular complexity index is 585. The van der Waals surface area contributed by atoms with E-state index in [1.54, 1.807) is 6.20 Å². The fraction of sp³-hybridized carbons (Fsp3) is 0.273. The zero-order valence-electron chi connectivity index (χ0n) is 10.7. The van der Waals surface area contributed by atoms with E-state index < -0.39 is 0 Å². The lowest BCUT2D eigenvalue weighted by molar-refractivity contribution is 0.288. The normalized spacial score (nSPS) is 10.3. The Kier molecular flexibility index (Phi) is 5.50. The maximum atomic E-state index is 5.40. The predicted octanol–water partition coefficient (Wildman–Crippen LogP) is 2.25. The van der Waals surface area contributed by atoms with Crippen molar-refractivity contribution in [3.63, 3.8) is 0 Å². The lowest BCUT2D eigenvalue weighted by atomic mass is 10.5. The van der Waals surface area contributed by atoms with E-state index in [4.69, 9.17) is 10.6 Å². The minimum atomic E-state index is 0.240. The number of hydrogen-bond donors (Lipinski definition) is 2. The van der Waals surface area contributed by atoms with E-state index >= 15 is 0 Å². The predicted molar refractivity (Wildman–Crippen MR) is 79.5 cm³/mol. The maximum Gasteiger partial charge on any atom is 0.322 e. The molecule has 0 atom stereocenters. The number of hydrogen-bond acceptors (Lipinski definition) is 8. The SMILES string of the molecule is CCCOc1nc(NN)nc(Sc2ncccc2Br)n1. The van der Waals surface area contributed by atoms with Crippen LogP contribution in [0.4, 0.5) is 5.95 Å². The summed E-state index contributed by atoms with van der Waals surface area (Å²) in [4.78, 5) is 16.6. The van der Waals surface area contributed by atoms with Gasteiger partial charge >= 0.3 is 6.01 Å². The van der Waals surface area contributed by atoms with Gasteiger partial charge in [0.05, 0.1) is 11.1 Å². The molecule has 0 unspecified atom stereocenters. The molecule has 9 heteroatoms. The van der Waals surface area contributed by atoms with Gasteiger partial charge in [-0.1, -0.05) is 6.92 Å². The molecule has 0 aromatic carbocycles. The molecule has 106 valence electrons. The largest absolute Gasteiger partial charge is 0.463 e. The molecule has 7 nitrogen and oxygen atoms in total. The third-order valence-electron chi connectivity index (χ3n) is 2.07. The number of halogens is 1. The molecule has 0 fully saturated rings. The van der Waals surface area contributed by atoms with Crippen molar-refractivity contribution in [2.24, 2.45) is 5.84 Å². The number of nitrogens with two attached hydrogens (primary N) is 1. The molecule has 0 spiro atoms. The summed E-state index contributed by atoms with van der Waals surface area (Å²) in [5, 5.41) is 1.21. The van der Waals surface area contributed by atoms with E-state index in [1.807, 2.05) is 19.1 Å². The van der Waals surface area contributed by atoms with Crippen molar-refractivity contribution in [3.8, 4) is 6.01 Å². The summed E-state index contributed by atoms with van der Waals surface area (Å²) in [5.41, 5.74) is 2.40. The maximum absolute atomic E-state index is 5.40. The summed E-state index contributed by atoms with van der Waals surface area (Å²) < 4.78 is 6.27. The van der Waals surface area contributed by atoms with E-state index in [2.05, 4.69) is 41.3 Å². The molecule has 3 N–H and O–H groups in total. The number of nitrogens with one attached hydrogen (secondary N) is 1. The first kappa shape index (κ1) is 14.9. The van der Waals surface area contributed by atoms with Crippen LogP contribution < -0.4 is 16.0 Å². The Morgan fingerprint density at radius 1 is 1.40 bits per heavy atom. The Morgan fingerprint density at radius 2 is 2.25 bits per heavy atom. The van der Waals surface area contributed by atoms with Crippen LogP contribution in [-0.4, -0.2) is 26.5 Å². The molecule has 0 aliphatic carbocycles. The molecule has 0 saturated carbocycles. The topological polar surface area (TPSA) is 98.8 Å². The lowest BCUT2D eigenvalue weighted by Gasteiger charge is -2.07. The Morgan fingerprint density at radius 3 is 2.95 bits per heavy atom. The van der Waals surface area contributed by atoms with Crippen molar-refractivity contribution in [2.75, 3.05) is 12.0 Å². The minimum Gasteiger partial charge on any atom is -0.463 e. The average Bonchev–Trinajstić information content (AvgIpc) is 2.47. The fourth-order valence-corrected chi connectivity index (χ4v) is 2.44. The van der Waals surface area contributed by atoms with Crippen molar-refractivity contribution in [3.05, 3.63) is 22.8 Å². The van der Waals surface area contributed by atoms with E-state index in [-0.39, 0.29) is 12.0 Å². The smallest absolute Gasteiger partial charge is 0.322 e. The number of ether oxygens (including phenoxy) is 1. The van der Waals surface area contributed by atoms with E-state index in [0.29, 0.717) is 11.8 Å². The summed E-state index contributed by atoms with van der Waals surface area (Å²) in [6.07, 6.45) is 2.57. The summed E-state index contributed by atoms with van der Waals surface area (Å²) in [7, 11) is 0. The van der Waals surface area contributed by atoms with Gasteiger partial charge in [0.1, 0.15) is 5.03 Å². The summed E-state index contributed by atoms with van der Waals surface area (Å²) in [6, 6.07) is 3.97. The van der Waals surface area contributed by atoms with Crippen molar-refractivity contribution < 1.29 is 4.74 Å². The van der Waals surface area contributed by atoms with Crippen molar-refractivity contribution >= 4 is 33.6 Å². The van der Waals surface area contributed by atoms with Crippen LogP contribution in [0.2, 0.25) is 0 Å². The molecule has 20 heavy (non-hydrogen) atoms. The van der Waals surface area contributed by atoms with Crippen molar-refractivity contribution in [1.29, 1.82) is 0 Å². The molecule has 2 aromatic heterocycles. The first-order valence-electron chi connectivity index (χ1n) is 5.86. The van der Waals surface area contributed by atoms with Crippen LogP contribution in [0.5, 0.6) is 6.01 Å². The van der Waals surface area contributed by atoms with Gasteiger partial charge in [0.25, 0.3) is 0 Å². The standard InChI is InChI=1S/C11H13BrN6OS/c1-2-6-19-10-15-9(18-13)16-11(17-10)20-8-7(12)4-3-5-14-8/h3-5H,2,6,13H2,1H3,(H,15,16,17,18). The van der Waals surface area contributed by atoms with E-state index in [9.17, 15) is 0 Å². The second-order valence-electron chi connectivity index (χ2n) is 3.61. The van der Waals surface area contributed by atoms with Gasteiger partial charge in [-0.25, -0.2) is 10.8 Å². The van der Waals surface area contributed by atoms with Gasteiger partial charge in [-0.05, 0) is 46.2 Å². The Balaban J connectivity index is 2.24. The Hall–Kier alpha value is -1.45. The molecular weight excluding hydrogens is 344 g/mol. The zero-order valence-corrected chi connectivity index (χ0v) is 13.1. The lowest BCUT2D eigenvalue weighted by Crippen LogP contribution is -2.13. The highest BCUT2D eigenvalue weighted by Gasteiger charge is 2.10. The fourth-order valence-electron chi connectivity index (χ4n) is 1.24. The molecule has 0 amide bonds. The van der Waals surface area contributed by atoms with Gasteiger partial charge in [-0.3, -0.25) is 5.43 Å². The molecule has 0 bridgehead atoms. The first-order valence-corrected chi connectivity index (χ1v) is 7.47. The third-order valence-corrected chi connectivity index (χ3v) is 3.86.